The fraction of sp³-hybridized carbons (Fsp3) is 0.435. The summed E-state index contributed by atoms with van der Waals surface area (Å²) in [7, 11) is 1.97. The van der Waals surface area contributed by atoms with Gasteiger partial charge in [-0.15, -0.1) is 0 Å². The molecule has 2 aromatic rings. The van der Waals surface area contributed by atoms with Gasteiger partial charge in [0.2, 0.25) is 5.91 Å². The highest BCUT2D eigenvalue weighted by Crippen LogP contribution is 2.24. The minimum atomic E-state index is -0.734. The van der Waals surface area contributed by atoms with Crippen LogP contribution < -0.4 is 15.5 Å². The van der Waals surface area contributed by atoms with Crippen molar-refractivity contribution in [1.82, 2.24) is 14.8 Å². The molecule has 9 nitrogen and oxygen atoms in total. The lowest BCUT2D eigenvalue weighted by atomic mass is 10.1. The highest BCUT2D eigenvalue weighted by Gasteiger charge is 2.26. The van der Waals surface area contributed by atoms with E-state index in [0.29, 0.717) is 38.4 Å². The van der Waals surface area contributed by atoms with Crippen molar-refractivity contribution in [3.05, 3.63) is 48.3 Å². The van der Waals surface area contributed by atoms with Crippen LogP contribution in [0, 0.1) is 0 Å². The highest BCUT2D eigenvalue weighted by atomic mass is 16.5. The van der Waals surface area contributed by atoms with Crippen molar-refractivity contribution in [3.63, 3.8) is 0 Å². The van der Waals surface area contributed by atoms with Crippen LogP contribution in [0.1, 0.15) is 24.6 Å². The quantitative estimate of drug-likeness (QED) is 0.661. The first-order valence-corrected chi connectivity index (χ1v) is 11.0. The van der Waals surface area contributed by atoms with E-state index in [1.54, 1.807) is 23.1 Å². The summed E-state index contributed by atoms with van der Waals surface area (Å²) < 4.78 is 7.48. The molecule has 3 amide bonds. The molecule has 3 heterocycles. The Morgan fingerprint density at radius 1 is 1.09 bits per heavy atom. The number of anilines is 2. The van der Waals surface area contributed by atoms with E-state index in [4.69, 9.17) is 4.74 Å². The van der Waals surface area contributed by atoms with Crippen LogP contribution in [0.25, 0.3) is 0 Å². The third-order valence-corrected chi connectivity index (χ3v) is 5.96. The molecule has 2 saturated heterocycles. The number of carbonyl (C=O) groups excluding carboxylic acids is 3. The van der Waals surface area contributed by atoms with Gasteiger partial charge in [-0.05, 0) is 36.8 Å². The molecule has 4 rings (SSSR count). The number of nitrogens with one attached hydrogen (secondary N) is 2. The molecule has 2 fully saturated rings. The molecule has 1 atom stereocenters. The van der Waals surface area contributed by atoms with Gasteiger partial charge >= 0.3 is 11.8 Å². The van der Waals surface area contributed by atoms with E-state index in [1.165, 1.54) is 0 Å². The molecule has 0 aliphatic carbocycles. The normalized spacial score (nSPS) is 17.9. The minimum Gasteiger partial charge on any atom is -0.379 e. The van der Waals surface area contributed by atoms with Crippen LogP contribution in [0.4, 0.5) is 11.4 Å². The summed E-state index contributed by atoms with van der Waals surface area (Å²) in [6, 6.07) is 10.9. The predicted molar refractivity (Wildman–Crippen MR) is 120 cm³/mol. The first kappa shape index (κ1) is 22.0. The Bertz CT molecular complexity index is 982. The minimum absolute atomic E-state index is 0.0554. The molecular formula is C23H29N5O4. The highest BCUT2D eigenvalue weighted by molar-refractivity contribution is 6.39. The van der Waals surface area contributed by atoms with Crippen LogP contribution in [-0.2, 0) is 26.2 Å². The Kier molecular flexibility index (Phi) is 6.87. The van der Waals surface area contributed by atoms with Gasteiger partial charge in [0.25, 0.3) is 0 Å². The fourth-order valence-corrected chi connectivity index (χ4v) is 4.26. The molecule has 1 unspecified atom stereocenters. The molecule has 2 N–H and O–H groups in total. The number of benzene rings is 1. The van der Waals surface area contributed by atoms with Crippen molar-refractivity contribution in [3.8, 4) is 0 Å². The predicted octanol–water partition coefficient (Wildman–Crippen LogP) is 1.28. The summed E-state index contributed by atoms with van der Waals surface area (Å²) >= 11 is 0. The molecule has 170 valence electrons. The average molecular weight is 440 g/mol. The van der Waals surface area contributed by atoms with Crippen LogP contribution in [0.15, 0.2) is 42.6 Å². The molecule has 0 spiro atoms. The summed E-state index contributed by atoms with van der Waals surface area (Å²) in [5.41, 5.74) is 2.27. The van der Waals surface area contributed by atoms with Crippen LogP contribution in [0.5, 0.6) is 0 Å². The van der Waals surface area contributed by atoms with Gasteiger partial charge in [0, 0.05) is 62.9 Å². The van der Waals surface area contributed by atoms with Crippen molar-refractivity contribution in [1.29, 1.82) is 0 Å². The number of carbonyl (C=O) groups is 3. The van der Waals surface area contributed by atoms with Crippen molar-refractivity contribution in [2.24, 2.45) is 7.05 Å². The monoisotopic (exact) mass is 439 g/mol. The number of amides is 3. The van der Waals surface area contributed by atoms with E-state index in [9.17, 15) is 14.4 Å². The topological polar surface area (TPSA) is 95.9 Å². The zero-order chi connectivity index (χ0) is 22.5. The third-order valence-electron chi connectivity index (χ3n) is 5.96. The molecular weight excluding hydrogens is 410 g/mol. The number of ether oxygens (including phenoxy) is 1. The van der Waals surface area contributed by atoms with E-state index in [2.05, 4.69) is 15.5 Å². The summed E-state index contributed by atoms with van der Waals surface area (Å²) in [6.45, 7) is 3.79. The Morgan fingerprint density at radius 3 is 2.59 bits per heavy atom. The fourth-order valence-electron chi connectivity index (χ4n) is 4.26. The zero-order valence-corrected chi connectivity index (χ0v) is 18.3. The molecule has 1 aromatic carbocycles. The maximum absolute atomic E-state index is 12.5. The first-order valence-electron chi connectivity index (χ1n) is 11.0. The van der Waals surface area contributed by atoms with Gasteiger partial charge < -0.3 is 24.8 Å². The number of morpholine rings is 1. The van der Waals surface area contributed by atoms with Crippen LogP contribution >= 0.6 is 0 Å². The lowest BCUT2D eigenvalue weighted by molar-refractivity contribution is -0.136. The van der Waals surface area contributed by atoms with E-state index in [-0.39, 0.29) is 11.9 Å². The Hall–Kier alpha value is -3.17. The van der Waals surface area contributed by atoms with Crippen LogP contribution in [0.2, 0.25) is 0 Å². The average Bonchev–Trinajstić information content (AvgIpc) is 3.43. The van der Waals surface area contributed by atoms with Gasteiger partial charge in [0.05, 0.1) is 19.3 Å². The lowest BCUT2D eigenvalue weighted by Gasteiger charge is -2.34. The number of hydrogen-bond acceptors (Lipinski definition) is 5. The molecule has 9 heteroatoms. The molecule has 32 heavy (non-hydrogen) atoms. The second kappa shape index (κ2) is 9.97. The SMILES string of the molecule is Cn1cccc1C(CNC(=O)C(=O)Nc1cccc(N2CCCC2=O)c1)N1CCOCC1. The summed E-state index contributed by atoms with van der Waals surface area (Å²) in [5, 5.41) is 5.42. The summed E-state index contributed by atoms with van der Waals surface area (Å²) in [4.78, 5) is 41.0. The third kappa shape index (κ3) is 5.00. The molecule has 1 aromatic heterocycles. The van der Waals surface area contributed by atoms with Gasteiger partial charge in [-0.3, -0.25) is 19.3 Å². The number of hydrogen-bond donors (Lipinski definition) is 2. The van der Waals surface area contributed by atoms with E-state index in [0.717, 1.165) is 30.9 Å². The van der Waals surface area contributed by atoms with Gasteiger partial charge in [0.1, 0.15) is 0 Å². The van der Waals surface area contributed by atoms with Gasteiger partial charge in [-0.2, -0.15) is 0 Å². The second-order valence-corrected chi connectivity index (χ2v) is 8.07. The molecule has 0 radical (unpaired) electrons. The zero-order valence-electron chi connectivity index (χ0n) is 18.3. The second-order valence-electron chi connectivity index (χ2n) is 8.07. The Morgan fingerprint density at radius 2 is 1.91 bits per heavy atom. The Balaban J connectivity index is 1.38. The van der Waals surface area contributed by atoms with Crippen LogP contribution in [0.3, 0.4) is 0 Å². The molecule has 2 aliphatic rings. The molecule has 0 saturated carbocycles. The number of rotatable bonds is 6. The van der Waals surface area contributed by atoms with Crippen molar-refractivity contribution >= 4 is 29.1 Å². The first-order chi connectivity index (χ1) is 15.5. The maximum atomic E-state index is 12.5. The van der Waals surface area contributed by atoms with Crippen LogP contribution in [-0.4, -0.2) is 66.6 Å². The summed E-state index contributed by atoms with van der Waals surface area (Å²) in [5.74, 6) is -1.36. The van der Waals surface area contributed by atoms with Gasteiger partial charge in [-0.25, -0.2) is 0 Å². The smallest absolute Gasteiger partial charge is 0.313 e. The van der Waals surface area contributed by atoms with Crippen molar-refractivity contribution in [2.45, 2.75) is 18.9 Å². The molecule has 0 bridgehead atoms. The standard InChI is InChI=1S/C23H29N5O4/c1-26-9-3-7-19(26)20(27-11-13-32-14-12-27)16-24-22(30)23(31)25-17-5-2-6-18(15-17)28-10-4-8-21(28)29/h2-3,5-7,9,15,20H,4,8,10-14,16H2,1H3,(H,24,30)(H,25,31). The number of nitrogens with zero attached hydrogens (tertiary/aromatic N) is 3. The maximum Gasteiger partial charge on any atom is 0.313 e. The largest absolute Gasteiger partial charge is 0.379 e. The van der Waals surface area contributed by atoms with E-state index >= 15 is 0 Å². The number of aromatic nitrogens is 1. The Labute approximate surface area is 187 Å². The van der Waals surface area contributed by atoms with Gasteiger partial charge in [0.15, 0.2) is 0 Å². The number of aryl methyl sites for hydroxylation is 1. The van der Waals surface area contributed by atoms with Gasteiger partial charge in [-0.1, -0.05) is 6.07 Å². The lowest BCUT2D eigenvalue weighted by Crippen LogP contribution is -2.46. The van der Waals surface area contributed by atoms with E-state index in [1.807, 2.05) is 36.0 Å². The van der Waals surface area contributed by atoms with Crippen molar-refractivity contribution < 1.29 is 19.1 Å². The molecule has 2 aliphatic heterocycles. The van der Waals surface area contributed by atoms with E-state index < -0.39 is 11.8 Å². The van der Waals surface area contributed by atoms with Crippen molar-refractivity contribution in [2.75, 3.05) is 49.6 Å². The summed E-state index contributed by atoms with van der Waals surface area (Å²) in [6.07, 6.45) is 3.32.